The number of nitrogens with zero attached hydrogens (tertiary/aromatic N) is 3. The van der Waals surface area contributed by atoms with E-state index in [1.165, 1.54) is 17.2 Å². The van der Waals surface area contributed by atoms with Crippen LogP contribution in [0.2, 0.25) is 0 Å². The molecule has 9 rings (SSSR count). The van der Waals surface area contributed by atoms with Crippen molar-refractivity contribution in [3.05, 3.63) is 151 Å². The van der Waals surface area contributed by atoms with Crippen molar-refractivity contribution in [2.45, 2.75) is 13.3 Å². The van der Waals surface area contributed by atoms with Gasteiger partial charge < -0.3 is 9.88 Å². The highest BCUT2D eigenvalue weighted by Crippen LogP contribution is 2.46. The zero-order valence-corrected chi connectivity index (χ0v) is 24.6. The summed E-state index contributed by atoms with van der Waals surface area (Å²) in [6, 6.07) is 42.0. The van der Waals surface area contributed by atoms with Gasteiger partial charge in [-0.3, -0.25) is 4.98 Å². The van der Waals surface area contributed by atoms with Crippen LogP contribution in [0.5, 0.6) is 0 Å². The molecule has 2 aliphatic rings. The highest BCUT2D eigenvalue weighted by atomic mass is 15.1. The molecule has 1 fully saturated rings. The molecule has 44 heavy (non-hydrogen) atoms. The summed E-state index contributed by atoms with van der Waals surface area (Å²) in [5, 5.41) is 2.44. The van der Waals surface area contributed by atoms with Crippen LogP contribution in [0.4, 0.5) is 17.1 Å². The molecule has 2 atom stereocenters. The molecule has 0 amide bonds. The van der Waals surface area contributed by atoms with E-state index in [1.54, 1.807) is 5.57 Å². The lowest BCUT2D eigenvalue weighted by Crippen LogP contribution is -2.09. The van der Waals surface area contributed by atoms with Gasteiger partial charge in [0, 0.05) is 44.4 Å². The molecule has 4 nitrogen and oxygen atoms in total. The first-order chi connectivity index (χ1) is 21.7. The van der Waals surface area contributed by atoms with Crippen molar-refractivity contribution in [2.75, 3.05) is 4.90 Å². The average Bonchev–Trinajstić information content (AvgIpc) is 3.80. The van der Waals surface area contributed by atoms with Gasteiger partial charge in [-0.1, -0.05) is 84.5 Å². The Bertz CT molecular complexity index is 2170. The van der Waals surface area contributed by atoms with Crippen LogP contribution in [0, 0.1) is 11.8 Å². The second kappa shape index (κ2) is 11.0. The lowest BCUT2D eigenvalue weighted by atomic mass is 10.1. The minimum atomic E-state index is 0.867. The number of hydrogen-bond donors (Lipinski definition) is 1. The fraction of sp³-hybridized carbons (Fsp3) is 0.100. The summed E-state index contributed by atoms with van der Waals surface area (Å²) in [6.07, 6.45) is 9.99. The molecule has 0 saturated heterocycles. The maximum atomic E-state index is 4.81. The first kappa shape index (κ1) is 26.2. The summed E-state index contributed by atoms with van der Waals surface area (Å²) in [7, 11) is 0. The number of aromatic amines is 1. The first-order valence-electron chi connectivity index (χ1n) is 15.2. The minimum absolute atomic E-state index is 0.867. The fourth-order valence-electron chi connectivity index (χ4n) is 6.30. The van der Waals surface area contributed by atoms with E-state index < -0.39 is 0 Å². The number of benzene rings is 5. The first-order valence-corrected chi connectivity index (χ1v) is 15.2. The van der Waals surface area contributed by atoms with Crippen molar-refractivity contribution in [1.82, 2.24) is 15.0 Å². The van der Waals surface area contributed by atoms with Gasteiger partial charge in [0.05, 0.1) is 22.9 Å². The standard InChI is InChI=1S/C32H22N4.C8H10/c1-2-8-23(9-3-1)36(25-18-19-29-27(20-25)26-10-4-5-11-28(26)34-29)24-16-14-22(15-17-24)32-21-33-30-12-6-7-13-31(30)35-32;1-6-3-2-4-7-5-8(6)7/h1-21,34H;2-4,7-8H,5H2,1H3. The van der Waals surface area contributed by atoms with Gasteiger partial charge in [-0.2, -0.15) is 0 Å². The maximum Gasteiger partial charge on any atom is 0.0894 e. The Labute approximate surface area is 257 Å². The molecule has 0 radical (unpaired) electrons. The second-order valence-corrected chi connectivity index (χ2v) is 11.7. The van der Waals surface area contributed by atoms with Crippen LogP contribution in [0.25, 0.3) is 44.1 Å². The van der Waals surface area contributed by atoms with E-state index in [1.807, 2.05) is 36.5 Å². The van der Waals surface area contributed by atoms with Crippen LogP contribution < -0.4 is 4.90 Å². The van der Waals surface area contributed by atoms with Crippen LogP contribution >= 0.6 is 0 Å². The Kier molecular flexibility index (Phi) is 6.53. The molecule has 2 unspecified atom stereocenters. The molecule has 2 heterocycles. The van der Waals surface area contributed by atoms with E-state index in [2.05, 4.69) is 131 Å². The van der Waals surface area contributed by atoms with E-state index in [4.69, 9.17) is 4.98 Å². The van der Waals surface area contributed by atoms with Crippen molar-refractivity contribution >= 4 is 49.9 Å². The summed E-state index contributed by atoms with van der Waals surface area (Å²) in [4.78, 5) is 15.2. The quantitative estimate of drug-likeness (QED) is 0.230. The molecule has 0 aliphatic heterocycles. The molecule has 0 spiro atoms. The van der Waals surface area contributed by atoms with Gasteiger partial charge in [-0.25, -0.2) is 4.98 Å². The fourth-order valence-corrected chi connectivity index (χ4v) is 6.30. The molecule has 1 saturated carbocycles. The van der Waals surface area contributed by atoms with E-state index in [0.717, 1.165) is 62.2 Å². The second-order valence-electron chi connectivity index (χ2n) is 11.7. The monoisotopic (exact) mass is 568 g/mol. The summed E-state index contributed by atoms with van der Waals surface area (Å²) in [6.45, 7) is 2.23. The summed E-state index contributed by atoms with van der Waals surface area (Å²) in [5.74, 6) is 1.87. The smallest absolute Gasteiger partial charge is 0.0894 e. The third kappa shape index (κ3) is 4.95. The van der Waals surface area contributed by atoms with Crippen molar-refractivity contribution in [1.29, 1.82) is 0 Å². The molecule has 212 valence electrons. The van der Waals surface area contributed by atoms with Gasteiger partial charge >= 0.3 is 0 Å². The lowest BCUT2D eigenvalue weighted by Gasteiger charge is -2.25. The van der Waals surface area contributed by atoms with Crippen LogP contribution in [0.1, 0.15) is 13.3 Å². The van der Waals surface area contributed by atoms with Crippen LogP contribution in [-0.2, 0) is 0 Å². The summed E-state index contributed by atoms with van der Waals surface area (Å²) in [5.41, 5.74) is 10.9. The number of rotatable bonds is 4. The topological polar surface area (TPSA) is 44.8 Å². The van der Waals surface area contributed by atoms with E-state index >= 15 is 0 Å². The number of allylic oxidation sites excluding steroid dienone is 4. The summed E-state index contributed by atoms with van der Waals surface area (Å²) < 4.78 is 0. The van der Waals surface area contributed by atoms with Gasteiger partial charge in [0.25, 0.3) is 0 Å². The predicted molar refractivity (Wildman–Crippen MR) is 184 cm³/mol. The predicted octanol–water partition coefficient (Wildman–Crippen LogP) is 10.5. The molecule has 4 heteroatoms. The van der Waals surface area contributed by atoms with E-state index in [9.17, 15) is 0 Å². The highest BCUT2D eigenvalue weighted by molar-refractivity contribution is 6.08. The highest BCUT2D eigenvalue weighted by Gasteiger charge is 2.36. The van der Waals surface area contributed by atoms with Crippen molar-refractivity contribution in [2.24, 2.45) is 11.8 Å². The normalized spacial score (nSPS) is 16.7. The SMILES string of the molecule is CC1=CC=CC2CC12.c1ccc(N(c2ccc(-c3cnc4ccccc4n3)cc2)c2ccc3[nH]c4ccccc4c3c2)cc1. The molecule has 2 aliphatic carbocycles. The van der Waals surface area contributed by atoms with Crippen LogP contribution in [0.15, 0.2) is 151 Å². The zero-order valence-electron chi connectivity index (χ0n) is 24.6. The Morgan fingerprint density at radius 3 is 2.20 bits per heavy atom. The summed E-state index contributed by atoms with van der Waals surface area (Å²) >= 11 is 0. The number of H-pyrrole nitrogens is 1. The third-order valence-electron chi connectivity index (χ3n) is 8.77. The third-order valence-corrected chi connectivity index (χ3v) is 8.77. The van der Waals surface area contributed by atoms with Crippen molar-refractivity contribution < 1.29 is 0 Å². The molecule has 0 bridgehead atoms. The largest absolute Gasteiger partial charge is 0.355 e. The number of nitrogens with one attached hydrogen (secondary N) is 1. The number of fused-ring (bicyclic) bond motifs is 5. The lowest BCUT2D eigenvalue weighted by molar-refractivity contribution is 0.909. The van der Waals surface area contributed by atoms with Crippen LogP contribution in [0.3, 0.4) is 0 Å². The number of para-hydroxylation sites is 4. The Morgan fingerprint density at radius 1 is 0.682 bits per heavy atom. The van der Waals surface area contributed by atoms with Gasteiger partial charge in [0.2, 0.25) is 0 Å². The zero-order chi connectivity index (χ0) is 29.5. The molecular weight excluding hydrogens is 536 g/mol. The molecular formula is C40H32N4. The Morgan fingerprint density at radius 2 is 1.39 bits per heavy atom. The van der Waals surface area contributed by atoms with Gasteiger partial charge in [-0.05, 0) is 85.8 Å². The van der Waals surface area contributed by atoms with Crippen LogP contribution in [-0.4, -0.2) is 15.0 Å². The number of aromatic nitrogens is 3. The van der Waals surface area contributed by atoms with Crippen molar-refractivity contribution in [3.8, 4) is 11.3 Å². The van der Waals surface area contributed by atoms with E-state index in [-0.39, 0.29) is 0 Å². The minimum Gasteiger partial charge on any atom is -0.355 e. The van der Waals surface area contributed by atoms with Gasteiger partial charge in [-0.15, -0.1) is 0 Å². The van der Waals surface area contributed by atoms with Gasteiger partial charge in [0.15, 0.2) is 0 Å². The van der Waals surface area contributed by atoms with Gasteiger partial charge in [0.1, 0.15) is 0 Å². The molecule has 5 aromatic carbocycles. The molecule has 1 N–H and O–H groups in total. The molecule has 7 aromatic rings. The average molecular weight is 569 g/mol. The van der Waals surface area contributed by atoms with Crippen molar-refractivity contribution in [3.63, 3.8) is 0 Å². The Balaban J connectivity index is 0.000000312. The Hall–Kier alpha value is -5.48. The molecule has 2 aromatic heterocycles. The maximum absolute atomic E-state index is 4.81. The number of hydrogen-bond acceptors (Lipinski definition) is 3. The van der Waals surface area contributed by atoms with E-state index in [0.29, 0.717) is 0 Å². The number of anilines is 3.